The van der Waals surface area contributed by atoms with Crippen LogP contribution in [0.5, 0.6) is 5.75 Å². The van der Waals surface area contributed by atoms with E-state index in [4.69, 9.17) is 4.74 Å². The molecule has 1 aliphatic rings. The summed E-state index contributed by atoms with van der Waals surface area (Å²) in [4.78, 5) is 13.9. The maximum atomic E-state index is 12.1. The van der Waals surface area contributed by atoms with Crippen LogP contribution in [0.3, 0.4) is 0 Å². The maximum Gasteiger partial charge on any atom is 0.317 e. The summed E-state index contributed by atoms with van der Waals surface area (Å²) in [7, 11) is 1.65. The Bertz CT molecular complexity index is 490. The fraction of sp³-hybridized carbons (Fsp3) is 0.562. The van der Waals surface area contributed by atoms with E-state index in [0.717, 1.165) is 36.3 Å². The number of nitrogens with zero attached hydrogens (tertiary/aromatic N) is 1. The quantitative estimate of drug-likeness (QED) is 0.891. The Balaban J connectivity index is 1.87. The summed E-state index contributed by atoms with van der Waals surface area (Å²) in [5, 5.41) is 12.2. The number of aryl methyl sites for hydroxylation is 1. The van der Waals surface area contributed by atoms with Gasteiger partial charge in [0.25, 0.3) is 0 Å². The number of aliphatic hydroxyl groups is 1. The molecular formula is C16H24N2O3. The zero-order chi connectivity index (χ0) is 15.2. The lowest BCUT2D eigenvalue weighted by Crippen LogP contribution is -2.45. The summed E-state index contributed by atoms with van der Waals surface area (Å²) in [5.41, 5.74) is 2.11. The van der Waals surface area contributed by atoms with E-state index in [2.05, 4.69) is 5.32 Å². The van der Waals surface area contributed by atoms with E-state index in [0.29, 0.717) is 13.1 Å². The average Bonchev–Trinajstić information content (AvgIpc) is 2.52. The number of aliphatic hydroxyl groups excluding tert-OH is 1. The molecule has 0 aromatic heterocycles. The minimum Gasteiger partial charge on any atom is -0.496 e. The normalized spacial score (nSPS) is 18.4. The van der Waals surface area contributed by atoms with Crippen molar-refractivity contribution in [2.45, 2.75) is 26.3 Å². The molecule has 1 fully saturated rings. The van der Waals surface area contributed by atoms with Crippen molar-refractivity contribution in [1.29, 1.82) is 0 Å². The van der Waals surface area contributed by atoms with Gasteiger partial charge in [0.1, 0.15) is 5.75 Å². The molecule has 2 amide bonds. The molecule has 0 bridgehead atoms. The lowest BCUT2D eigenvalue weighted by molar-refractivity contribution is 0.129. The average molecular weight is 292 g/mol. The summed E-state index contributed by atoms with van der Waals surface area (Å²) in [6.45, 7) is 4.06. The van der Waals surface area contributed by atoms with Crippen molar-refractivity contribution >= 4 is 6.03 Å². The van der Waals surface area contributed by atoms with E-state index in [1.807, 2.05) is 25.1 Å². The smallest absolute Gasteiger partial charge is 0.317 e. The highest BCUT2D eigenvalue weighted by atomic mass is 16.5. The Labute approximate surface area is 125 Å². The first kappa shape index (κ1) is 15.6. The first-order valence-electron chi connectivity index (χ1n) is 7.41. The second kappa shape index (κ2) is 7.31. The van der Waals surface area contributed by atoms with Gasteiger partial charge in [0, 0.05) is 26.2 Å². The first-order valence-corrected chi connectivity index (χ1v) is 7.41. The molecule has 0 spiro atoms. The molecule has 1 saturated heterocycles. The number of urea groups is 1. The van der Waals surface area contributed by atoms with Crippen molar-refractivity contribution < 1.29 is 14.6 Å². The van der Waals surface area contributed by atoms with Crippen LogP contribution < -0.4 is 10.1 Å². The van der Waals surface area contributed by atoms with Gasteiger partial charge in [-0.15, -0.1) is 0 Å². The number of carbonyl (C=O) groups excluding carboxylic acids is 1. The molecule has 0 radical (unpaired) electrons. The van der Waals surface area contributed by atoms with Gasteiger partial charge < -0.3 is 20.1 Å². The van der Waals surface area contributed by atoms with Gasteiger partial charge in [0.15, 0.2) is 0 Å². The summed E-state index contributed by atoms with van der Waals surface area (Å²) >= 11 is 0. The van der Waals surface area contributed by atoms with E-state index >= 15 is 0 Å². The van der Waals surface area contributed by atoms with Crippen LogP contribution in [0, 0.1) is 12.8 Å². The number of benzene rings is 1. The number of ether oxygens (including phenoxy) is 1. The number of amides is 2. The predicted molar refractivity (Wildman–Crippen MR) is 81.3 cm³/mol. The van der Waals surface area contributed by atoms with Crippen LogP contribution in [0.15, 0.2) is 18.2 Å². The van der Waals surface area contributed by atoms with Crippen LogP contribution in [-0.4, -0.2) is 42.8 Å². The van der Waals surface area contributed by atoms with Crippen molar-refractivity contribution in [3.63, 3.8) is 0 Å². The van der Waals surface area contributed by atoms with E-state index in [1.54, 1.807) is 12.0 Å². The van der Waals surface area contributed by atoms with Crippen LogP contribution in [0.25, 0.3) is 0 Å². The molecule has 5 nitrogen and oxygen atoms in total. The Morgan fingerprint density at radius 3 is 3.00 bits per heavy atom. The van der Waals surface area contributed by atoms with Gasteiger partial charge in [-0.25, -0.2) is 4.79 Å². The van der Waals surface area contributed by atoms with Crippen LogP contribution in [0.1, 0.15) is 24.0 Å². The van der Waals surface area contributed by atoms with Crippen LogP contribution in [0.4, 0.5) is 4.79 Å². The maximum absolute atomic E-state index is 12.1. The minimum atomic E-state index is -0.0541. The molecule has 1 aliphatic heterocycles. The molecule has 21 heavy (non-hydrogen) atoms. The zero-order valence-corrected chi connectivity index (χ0v) is 12.8. The monoisotopic (exact) mass is 292 g/mol. The number of hydrogen-bond acceptors (Lipinski definition) is 3. The molecule has 1 aromatic rings. The van der Waals surface area contributed by atoms with Gasteiger partial charge in [0.05, 0.1) is 7.11 Å². The standard InChI is InChI=1S/C16H24N2O3/c1-12-8-13(5-6-15(12)21-2)9-17-16(20)18-7-3-4-14(10-18)11-19/h5-6,8,14,19H,3-4,7,9-11H2,1-2H3,(H,17,20). The molecule has 5 heteroatoms. The Hall–Kier alpha value is -1.75. The zero-order valence-electron chi connectivity index (χ0n) is 12.8. The molecule has 1 atom stereocenters. The highest BCUT2D eigenvalue weighted by Crippen LogP contribution is 2.19. The van der Waals surface area contributed by atoms with Gasteiger partial charge in [-0.05, 0) is 42.9 Å². The molecule has 2 rings (SSSR count). The summed E-state index contributed by atoms with van der Waals surface area (Å²) < 4.78 is 5.23. The van der Waals surface area contributed by atoms with Gasteiger partial charge in [-0.3, -0.25) is 0 Å². The highest BCUT2D eigenvalue weighted by molar-refractivity contribution is 5.74. The van der Waals surface area contributed by atoms with E-state index in [1.165, 1.54) is 0 Å². The van der Waals surface area contributed by atoms with Crippen molar-refractivity contribution in [2.75, 3.05) is 26.8 Å². The number of nitrogens with one attached hydrogen (secondary N) is 1. The van der Waals surface area contributed by atoms with Gasteiger partial charge >= 0.3 is 6.03 Å². The van der Waals surface area contributed by atoms with E-state index in [9.17, 15) is 9.90 Å². The highest BCUT2D eigenvalue weighted by Gasteiger charge is 2.22. The first-order chi connectivity index (χ1) is 10.1. The lowest BCUT2D eigenvalue weighted by atomic mass is 9.99. The van der Waals surface area contributed by atoms with E-state index < -0.39 is 0 Å². The molecule has 0 aliphatic carbocycles. The van der Waals surface area contributed by atoms with Crippen LogP contribution >= 0.6 is 0 Å². The molecule has 0 saturated carbocycles. The third-order valence-corrected chi connectivity index (χ3v) is 3.97. The third kappa shape index (κ3) is 4.11. The number of carbonyl (C=O) groups is 1. The number of hydrogen-bond donors (Lipinski definition) is 2. The van der Waals surface area contributed by atoms with Crippen molar-refractivity contribution in [3.05, 3.63) is 29.3 Å². The van der Waals surface area contributed by atoms with E-state index in [-0.39, 0.29) is 18.6 Å². The Morgan fingerprint density at radius 2 is 2.33 bits per heavy atom. The third-order valence-electron chi connectivity index (χ3n) is 3.97. The minimum absolute atomic E-state index is 0.0541. The van der Waals surface area contributed by atoms with Crippen molar-refractivity contribution in [3.8, 4) is 5.75 Å². The van der Waals surface area contributed by atoms with Crippen LogP contribution in [0.2, 0.25) is 0 Å². The Morgan fingerprint density at radius 1 is 1.52 bits per heavy atom. The fourth-order valence-corrected chi connectivity index (χ4v) is 2.74. The Kier molecular flexibility index (Phi) is 5.44. The predicted octanol–water partition coefficient (Wildman–Crippen LogP) is 1.92. The largest absolute Gasteiger partial charge is 0.496 e. The molecule has 116 valence electrons. The number of rotatable bonds is 4. The van der Waals surface area contributed by atoms with Gasteiger partial charge in [0.2, 0.25) is 0 Å². The number of piperidine rings is 1. The molecular weight excluding hydrogens is 268 g/mol. The number of methoxy groups -OCH3 is 1. The SMILES string of the molecule is COc1ccc(CNC(=O)N2CCCC(CO)C2)cc1C. The second-order valence-electron chi connectivity index (χ2n) is 5.60. The number of likely N-dealkylation sites (tertiary alicyclic amines) is 1. The fourth-order valence-electron chi connectivity index (χ4n) is 2.74. The summed E-state index contributed by atoms with van der Waals surface area (Å²) in [6.07, 6.45) is 1.96. The summed E-state index contributed by atoms with van der Waals surface area (Å²) in [6, 6.07) is 5.84. The molecule has 1 unspecified atom stereocenters. The lowest BCUT2D eigenvalue weighted by Gasteiger charge is -2.31. The topological polar surface area (TPSA) is 61.8 Å². The van der Waals surface area contributed by atoms with Gasteiger partial charge in [-0.2, -0.15) is 0 Å². The molecule has 1 heterocycles. The molecule has 1 aromatic carbocycles. The van der Waals surface area contributed by atoms with Crippen molar-refractivity contribution in [2.24, 2.45) is 5.92 Å². The van der Waals surface area contributed by atoms with Crippen molar-refractivity contribution in [1.82, 2.24) is 10.2 Å². The summed E-state index contributed by atoms with van der Waals surface area (Å²) in [5.74, 6) is 1.07. The molecule has 2 N–H and O–H groups in total. The second-order valence-corrected chi connectivity index (χ2v) is 5.60. The van der Waals surface area contributed by atoms with Crippen LogP contribution in [-0.2, 0) is 6.54 Å². The van der Waals surface area contributed by atoms with Gasteiger partial charge in [-0.1, -0.05) is 12.1 Å².